The van der Waals surface area contributed by atoms with E-state index < -0.39 is 6.10 Å². The first-order valence-electron chi connectivity index (χ1n) is 16.3. The van der Waals surface area contributed by atoms with Gasteiger partial charge in [0.05, 0.1) is 12.6 Å². The number of hydrogen-bond donors (Lipinski definition) is 0. The number of aryl methyl sites for hydroxylation is 3. The van der Waals surface area contributed by atoms with Crippen molar-refractivity contribution in [2.24, 2.45) is 0 Å². The van der Waals surface area contributed by atoms with Crippen molar-refractivity contribution < 1.29 is 19.0 Å². The van der Waals surface area contributed by atoms with Crippen LogP contribution in [0.5, 0.6) is 5.75 Å². The number of likely N-dealkylation sites (N-methyl/N-ethyl adjacent to an activating group) is 1. The summed E-state index contributed by atoms with van der Waals surface area (Å²) >= 11 is 0. The summed E-state index contributed by atoms with van der Waals surface area (Å²) in [6.07, 6.45) is 1.96. The van der Waals surface area contributed by atoms with E-state index in [-0.39, 0.29) is 12.0 Å². The number of hydrogen-bond acceptors (Lipinski definition) is 5. The van der Waals surface area contributed by atoms with Crippen LogP contribution in [-0.2, 0) is 33.5 Å². The molecule has 5 heteroatoms. The summed E-state index contributed by atoms with van der Waals surface area (Å²) < 4.78 is 17.0. The minimum atomic E-state index is -0.595. The predicted octanol–water partition coefficient (Wildman–Crippen LogP) is 7.86. The Bertz CT molecular complexity index is 1550. The number of nitrogens with zero attached hydrogens (tertiary/aromatic N) is 1. The van der Waals surface area contributed by atoms with E-state index in [0.717, 1.165) is 30.7 Å². The summed E-state index contributed by atoms with van der Waals surface area (Å²) in [6, 6.07) is 32.9. The molecular weight excluding hydrogens is 558 g/mol. The van der Waals surface area contributed by atoms with Crippen LogP contribution < -0.4 is 4.74 Å². The van der Waals surface area contributed by atoms with Crippen molar-refractivity contribution in [3.63, 3.8) is 0 Å². The molecule has 5 rings (SSSR count). The number of esters is 1. The SMILES string of the molecule is CCOC(=O)C(Cc1ccc(OCCN(C)C2c3ccc(C(C)c4ccccc4)cc3CCc3ccc(C)cc32)cc1)OCC. The van der Waals surface area contributed by atoms with Gasteiger partial charge >= 0.3 is 5.97 Å². The molecule has 0 N–H and O–H groups in total. The Morgan fingerprint density at radius 1 is 0.844 bits per heavy atom. The third-order valence-corrected chi connectivity index (χ3v) is 8.94. The summed E-state index contributed by atoms with van der Waals surface area (Å²) in [6.45, 7) is 10.3. The second kappa shape index (κ2) is 15.4. The average molecular weight is 606 g/mol. The van der Waals surface area contributed by atoms with Gasteiger partial charge in [-0.1, -0.05) is 91.3 Å². The van der Waals surface area contributed by atoms with Gasteiger partial charge in [0.25, 0.3) is 0 Å². The van der Waals surface area contributed by atoms with E-state index >= 15 is 0 Å². The van der Waals surface area contributed by atoms with E-state index in [0.29, 0.717) is 32.2 Å². The van der Waals surface area contributed by atoms with Crippen LogP contribution in [0.15, 0.2) is 91.0 Å². The number of rotatable bonds is 13. The fourth-order valence-electron chi connectivity index (χ4n) is 6.44. The van der Waals surface area contributed by atoms with Gasteiger partial charge in [-0.05, 0) is 91.7 Å². The summed E-state index contributed by atoms with van der Waals surface area (Å²) in [7, 11) is 2.21. The second-order valence-electron chi connectivity index (χ2n) is 12.1. The van der Waals surface area contributed by atoms with Gasteiger partial charge in [0, 0.05) is 25.5 Å². The molecule has 0 saturated heterocycles. The lowest BCUT2D eigenvalue weighted by Gasteiger charge is -2.31. The van der Waals surface area contributed by atoms with E-state index in [1.54, 1.807) is 0 Å². The van der Waals surface area contributed by atoms with Crippen LogP contribution in [0.1, 0.15) is 77.2 Å². The van der Waals surface area contributed by atoms with Crippen molar-refractivity contribution in [3.8, 4) is 5.75 Å². The van der Waals surface area contributed by atoms with Gasteiger partial charge in [0.1, 0.15) is 12.4 Å². The average Bonchev–Trinajstić information content (AvgIpc) is 3.21. The lowest BCUT2D eigenvalue weighted by atomic mass is 9.87. The maximum absolute atomic E-state index is 12.3. The zero-order valence-electron chi connectivity index (χ0n) is 27.4. The highest BCUT2D eigenvalue weighted by Gasteiger charge is 2.28. The number of carbonyl (C=O) groups excluding carboxylic acids is 1. The lowest BCUT2D eigenvalue weighted by molar-refractivity contribution is -0.156. The highest BCUT2D eigenvalue weighted by molar-refractivity contribution is 5.75. The Kier molecular flexibility index (Phi) is 11.1. The molecule has 3 unspecified atom stereocenters. The summed E-state index contributed by atoms with van der Waals surface area (Å²) in [5, 5.41) is 0. The smallest absolute Gasteiger partial charge is 0.335 e. The van der Waals surface area contributed by atoms with Crippen LogP contribution in [0.3, 0.4) is 0 Å². The normalized spacial score (nSPS) is 15.5. The molecule has 0 radical (unpaired) electrons. The van der Waals surface area contributed by atoms with Gasteiger partial charge < -0.3 is 14.2 Å². The molecule has 236 valence electrons. The molecule has 0 spiro atoms. The van der Waals surface area contributed by atoms with Crippen molar-refractivity contribution in [1.82, 2.24) is 4.90 Å². The standard InChI is InChI=1S/C40H47NO4/c1-6-43-38(40(42)44-7-2)26-30-14-20-35(21-15-30)45-24-23-41(5)39-36-22-19-33(29(4)31-11-9-8-10-12-31)27-34(36)18-17-32-16-13-28(3)25-37(32)39/h8-16,19-22,25,27,29,38-39H,6-7,17-18,23-24,26H2,1-5H3. The first-order chi connectivity index (χ1) is 21.9. The molecule has 0 aromatic heterocycles. The number of fused-ring (bicyclic) bond motifs is 2. The van der Waals surface area contributed by atoms with E-state index in [4.69, 9.17) is 14.2 Å². The maximum atomic E-state index is 12.3. The molecule has 0 aliphatic heterocycles. The van der Waals surface area contributed by atoms with Gasteiger partial charge in [0.2, 0.25) is 0 Å². The van der Waals surface area contributed by atoms with Crippen LogP contribution in [-0.4, -0.2) is 50.4 Å². The first kappa shape index (κ1) is 32.5. The molecule has 0 fully saturated rings. The third kappa shape index (κ3) is 8.02. The zero-order valence-corrected chi connectivity index (χ0v) is 27.4. The minimum Gasteiger partial charge on any atom is -0.492 e. The topological polar surface area (TPSA) is 48.0 Å². The van der Waals surface area contributed by atoms with Gasteiger partial charge in [-0.2, -0.15) is 0 Å². The largest absolute Gasteiger partial charge is 0.492 e. The first-order valence-corrected chi connectivity index (χ1v) is 16.3. The van der Waals surface area contributed by atoms with Gasteiger partial charge in [0.15, 0.2) is 6.10 Å². The second-order valence-corrected chi connectivity index (χ2v) is 12.1. The van der Waals surface area contributed by atoms with Crippen LogP contribution in [0, 0.1) is 6.92 Å². The predicted molar refractivity (Wildman–Crippen MR) is 181 cm³/mol. The molecule has 4 aromatic rings. The number of carbonyl (C=O) groups is 1. The fourth-order valence-corrected chi connectivity index (χ4v) is 6.44. The van der Waals surface area contributed by atoms with E-state index in [1.165, 1.54) is 38.9 Å². The van der Waals surface area contributed by atoms with Gasteiger partial charge in [-0.3, -0.25) is 4.90 Å². The molecule has 3 atom stereocenters. The van der Waals surface area contributed by atoms with E-state index in [2.05, 4.69) is 92.5 Å². The quantitative estimate of drug-likeness (QED) is 0.145. The van der Waals surface area contributed by atoms with Crippen molar-refractivity contribution in [3.05, 3.63) is 136 Å². The van der Waals surface area contributed by atoms with Crippen molar-refractivity contribution in [2.45, 2.75) is 65.0 Å². The Labute approximate surface area is 269 Å². The Balaban J connectivity index is 1.30. The molecule has 1 aliphatic rings. The lowest BCUT2D eigenvalue weighted by Crippen LogP contribution is -2.30. The molecule has 5 nitrogen and oxygen atoms in total. The fraction of sp³-hybridized carbons (Fsp3) is 0.375. The zero-order chi connectivity index (χ0) is 31.8. The Morgan fingerprint density at radius 3 is 2.33 bits per heavy atom. The summed E-state index contributed by atoms with van der Waals surface area (Å²) in [5.41, 5.74) is 10.7. The minimum absolute atomic E-state index is 0.155. The number of ether oxygens (including phenoxy) is 3. The molecule has 4 aromatic carbocycles. The molecule has 1 aliphatic carbocycles. The van der Waals surface area contributed by atoms with Crippen LogP contribution in [0.2, 0.25) is 0 Å². The van der Waals surface area contributed by atoms with Gasteiger partial charge in [-0.25, -0.2) is 4.79 Å². The monoisotopic (exact) mass is 605 g/mol. The van der Waals surface area contributed by atoms with Crippen molar-refractivity contribution in [2.75, 3.05) is 33.4 Å². The highest BCUT2D eigenvalue weighted by atomic mass is 16.6. The van der Waals surface area contributed by atoms with Crippen molar-refractivity contribution in [1.29, 1.82) is 0 Å². The van der Waals surface area contributed by atoms with E-state index in [1.807, 2.05) is 38.1 Å². The molecule has 0 saturated carbocycles. The maximum Gasteiger partial charge on any atom is 0.335 e. The highest BCUT2D eigenvalue weighted by Crippen LogP contribution is 2.38. The molecule has 45 heavy (non-hydrogen) atoms. The summed E-state index contributed by atoms with van der Waals surface area (Å²) in [4.78, 5) is 14.7. The van der Waals surface area contributed by atoms with Gasteiger partial charge in [-0.15, -0.1) is 0 Å². The molecule has 0 heterocycles. The van der Waals surface area contributed by atoms with Crippen LogP contribution in [0.4, 0.5) is 0 Å². The Morgan fingerprint density at radius 2 is 1.60 bits per heavy atom. The molecule has 0 bridgehead atoms. The van der Waals surface area contributed by atoms with Crippen LogP contribution >= 0.6 is 0 Å². The molecule has 0 amide bonds. The van der Waals surface area contributed by atoms with Crippen molar-refractivity contribution >= 4 is 5.97 Å². The third-order valence-electron chi connectivity index (χ3n) is 8.94. The molecular formula is C40H47NO4. The summed E-state index contributed by atoms with van der Waals surface area (Å²) in [5.74, 6) is 0.838. The Hall–Kier alpha value is -3.93. The van der Waals surface area contributed by atoms with E-state index in [9.17, 15) is 4.79 Å². The van der Waals surface area contributed by atoms with Crippen LogP contribution in [0.25, 0.3) is 0 Å². The number of benzene rings is 4.